The minimum absolute atomic E-state index is 0.106. The molecule has 0 unspecified atom stereocenters. The third-order valence-corrected chi connectivity index (χ3v) is 2.06. The first kappa shape index (κ1) is 9.51. The van der Waals surface area contributed by atoms with Crippen LogP contribution in [0.15, 0.2) is 0 Å². The van der Waals surface area contributed by atoms with Crippen LogP contribution in [0.1, 0.15) is 11.3 Å². The molecule has 0 atom stereocenters. The van der Waals surface area contributed by atoms with Crippen LogP contribution in [0, 0.1) is 0 Å². The Bertz CT molecular complexity index is 273. The van der Waals surface area contributed by atoms with E-state index >= 15 is 0 Å². The normalized spacial score (nSPS) is 10.7. The predicted molar refractivity (Wildman–Crippen MR) is 44.9 cm³/mol. The lowest BCUT2D eigenvalue weighted by molar-refractivity contribution is 0.177. The molecule has 4 nitrogen and oxygen atoms in total. The summed E-state index contributed by atoms with van der Waals surface area (Å²) < 4.78 is 6.41. The molecular weight excluding hydrogens is 180 g/mol. The highest BCUT2D eigenvalue weighted by atomic mass is 35.5. The molecule has 5 heteroatoms. The molecule has 0 fully saturated rings. The molecule has 0 spiro atoms. The Hall–Kier alpha value is -0.580. The number of aliphatic hydroxyl groups is 1. The predicted octanol–water partition coefficient (Wildman–Crippen LogP) is 0.712. The van der Waals surface area contributed by atoms with Gasteiger partial charge in [0.25, 0.3) is 0 Å². The van der Waals surface area contributed by atoms with Crippen molar-refractivity contribution in [3.63, 3.8) is 0 Å². The van der Waals surface area contributed by atoms with Gasteiger partial charge >= 0.3 is 0 Å². The number of aliphatic hydroxyl groups excluding tert-OH is 1. The van der Waals surface area contributed by atoms with Crippen molar-refractivity contribution < 1.29 is 9.84 Å². The quantitative estimate of drug-likeness (QED) is 0.764. The van der Waals surface area contributed by atoms with Crippen LogP contribution < -0.4 is 0 Å². The first-order chi connectivity index (χ1) is 5.70. The van der Waals surface area contributed by atoms with Crippen LogP contribution in [-0.2, 0) is 25.0 Å². The van der Waals surface area contributed by atoms with Gasteiger partial charge in [0.15, 0.2) is 0 Å². The average molecular weight is 191 g/mol. The first-order valence-corrected chi connectivity index (χ1v) is 3.88. The van der Waals surface area contributed by atoms with Gasteiger partial charge in [-0.05, 0) is 0 Å². The fourth-order valence-corrected chi connectivity index (χ4v) is 1.22. The van der Waals surface area contributed by atoms with Crippen molar-refractivity contribution >= 4 is 11.6 Å². The van der Waals surface area contributed by atoms with E-state index in [9.17, 15) is 0 Å². The largest absolute Gasteiger partial charge is 0.391 e. The highest BCUT2D eigenvalue weighted by molar-refractivity contribution is 6.30. The summed E-state index contributed by atoms with van der Waals surface area (Å²) in [5.74, 6) is 0. The van der Waals surface area contributed by atoms with E-state index in [2.05, 4.69) is 5.10 Å². The molecule has 0 aliphatic carbocycles. The molecule has 1 aromatic heterocycles. The standard InChI is InChI=1S/C7H11ClN2O2/c1-10-7(8)5(3-11)6(9-10)4-12-2/h11H,3-4H2,1-2H3. The van der Waals surface area contributed by atoms with Crippen LogP contribution in [-0.4, -0.2) is 22.0 Å². The monoisotopic (exact) mass is 190 g/mol. The van der Waals surface area contributed by atoms with Gasteiger partial charge in [-0.15, -0.1) is 0 Å². The van der Waals surface area contributed by atoms with Gasteiger partial charge in [-0.1, -0.05) is 11.6 Å². The second-order valence-corrected chi connectivity index (χ2v) is 2.79. The van der Waals surface area contributed by atoms with Crippen molar-refractivity contribution in [2.75, 3.05) is 7.11 Å². The molecule has 68 valence electrons. The summed E-state index contributed by atoms with van der Waals surface area (Å²) in [6.07, 6.45) is 0. The number of rotatable bonds is 3. The van der Waals surface area contributed by atoms with E-state index in [0.717, 1.165) is 0 Å². The minimum atomic E-state index is -0.106. The van der Waals surface area contributed by atoms with E-state index in [1.165, 1.54) is 4.68 Å². The van der Waals surface area contributed by atoms with Crippen LogP contribution in [0.5, 0.6) is 0 Å². The Morgan fingerprint density at radius 2 is 2.33 bits per heavy atom. The Morgan fingerprint density at radius 3 is 2.83 bits per heavy atom. The van der Waals surface area contributed by atoms with Crippen LogP contribution >= 0.6 is 11.6 Å². The number of aryl methyl sites for hydroxylation is 1. The Balaban J connectivity index is 3.02. The molecule has 1 rings (SSSR count). The molecule has 0 aromatic carbocycles. The van der Waals surface area contributed by atoms with E-state index in [1.54, 1.807) is 14.2 Å². The maximum atomic E-state index is 8.95. The Morgan fingerprint density at radius 1 is 1.67 bits per heavy atom. The summed E-state index contributed by atoms with van der Waals surface area (Å²) in [5.41, 5.74) is 1.33. The van der Waals surface area contributed by atoms with Crippen molar-refractivity contribution in [1.29, 1.82) is 0 Å². The lowest BCUT2D eigenvalue weighted by Crippen LogP contribution is -1.94. The van der Waals surface area contributed by atoms with Crippen molar-refractivity contribution in [3.05, 3.63) is 16.4 Å². The number of nitrogens with zero attached hydrogens (tertiary/aromatic N) is 2. The zero-order valence-electron chi connectivity index (χ0n) is 7.04. The summed E-state index contributed by atoms with van der Waals surface area (Å²) in [4.78, 5) is 0. The highest BCUT2D eigenvalue weighted by Gasteiger charge is 2.12. The minimum Gasteiger partial charge on any atom is -0.391 e. The van der Waals surface area contributed by atoms with Crippen LogP contribution in [0.3, 0.4) is 0 Å². The maximum Gasteiger partial charge on any atom is 0.132 e. The second kappa shape index (κ2) is 3.89. The van der Waals surface area contributed by atoms with E-state index in [-0.39, 0.29) is 6.61 Å². The number of ether oxygens (including phenoxy) is 1. The number of hydrogen-bond acceptors (Lipinski definition) is 3. The molecule has 0 radical (unpaired) electrons. The summed E-state index contributed by atoms with van der Waals surface area (Å²) in [6.45, 7) is 0.266. The maximum absolute atomic E-state index is 8.95. The molecule has 1 aromatic rings. The number of hydrogen-bond donors (Lipinski definition) is 1. The van der Waals surface area contributed by atoms with Gasteiger partial charge < -0.3 is 9.84 Å². The van der Waals surface area contributed by atoms with Crippen molar-refractivity contribution in [2.45, 2.75) is 13.2 Å². The Labute approximate surface area is 75.7 Å². The summed E-state index contributed by atoms with van der Waals surface area (Å²) in [6, 6.07) is 0. The lowest BCUT2D eigenvalue weighted by Gasteiger charge is -1.96. The lowest BCUT2D eigenvalue weighted by atomic mass is 10.3. The van der Waals surface area contributed by atoms with Gasteiger partial charge in [0, 0.05) is 19.7 Å². The molecule has 1 N–H and O–H groups in total. The van der Waals surface area contributed by atoms with Gasteiger partial charge in [-0.2, -0.15) is 5.10 Å². The van der Waals surface area contributed by atoms with Gasteiger partial charge in [0.05, 0.1) is 18.9 Å². The zero-order valence-corrected chi connectivity index (χ0v) is 7.80. The molecule has 0 bridgehead atoms. The fourth-order valence-electron chi connectivity index (χ4n) is 1.01. The highest BCUT2D eigenvalue weighted by Crippen LogP contribution is 2.19. The topological polar surface area (TPSA) is 47.3 Å². The van der Waals surface area contributed by atoms with Gasteiger partial charge in [-0.25, -0.2) is 0 Å². The molecule has 0 amide bonds. The SMILES string of the molecule is COCc1nn(C)c(Cl)c1CO. The van der Waals surface area contributed by atoms with Crippen molar-refractivity contribution in [2.24, 2.45) is 7.05 Å². The van der Waals surface area contributed by atoms with E-state index < -0.39 is 0 Å². The van der Waals surface area contributed by atoms with Crippen LogP contribution in [0.25, 0.3) is 0 Å². The summed E-state index contributed by atoms with van der Waals surface area (Å²) in [7, 11) is 3.30. The van der Waals surface area contributed by atoms with Crippen molar-refractivity contribution in [1.82, 2.24) is 9.78 Å². The molecular formula is C7H11ClN2O2. The molecule has 0 saturated heterocycles. The molecule has 0 aliphatic rings. The number of methoxy groups -OCH3 is 1. The summed E-state index contributed by atoms with van der Waals surface area (Å²) in [5, 5.41) is 13.5. The van der Waals surface area contributed by atoms with Gasteiger partial charge in [0.1, 0.15) is 5.15 Å². The van der Waals surface area contributed by atoms with E-state index in [0.29, 0.717) is 23.0 Å². The summed E-state index contributed by atoms with van der Waals surface area (Å²) >= 11 is 5.83. The van der Waals surface area contributed by atoms with E-state index in [1.807, 2.05) is 0 Å². The fraction of sp³-hybridized carbons (Fsp3) is 0.571. The van der Waals surface area contributed by atoms with Gasteiger partial charge in [-0.3, -0.25) is 4.68 Å². The Kier molecular flexibility index (Phi) is 3.08. The number of halogens is 1. The van der Waals surface area contributed by atoms with Gasteiger partial charge in [0.2, 0.25) is 0 Å². The third-order valence-electron chi connectivity index (χ3n) is 1.59. The average Bonchev–Trinajstić information content (AvgIpc) is 2.29. The zero-order chi connectivity index (χ0) is 9.14. The first-order valence-electron chi connectivity index (χ1n) is 3.50. The smallest absolute Gasteiger partial charge is 0.132 e. The molecule has 1 heterocycles. The molecule has 12 heavy (non-hydrogen) atoms. The van der Waals surface area contributed by atoms with Crippen LogP contribution in [0.4, 0.5) is 0 Å². The molecule has 0 saturated carbocycles. The molecule has 0 aliphatic heterocycles. The van der Waals surface area contributed by atoms with Crippen LogP contribution in [0.2, 0.25) is 5.15 Å². The van der Waals surface area contributed by atoms with E-state index in [4.69, 9.17) is 21.4 Å². The number of aromatic nitrogens is 2. The van der Waals surface area contributed by atoms with Crippen molar-refractivity contribution in [3.8, 4) is 0 Å². The second-order valence-electron chi connectivity index (χ2n) is 2.43. The third kappa shape index (κ3) is 1.60.